The number of rotatable bonds is 9. The average molecular weight is 675 g/mol. The first kappa shape index (κ1) is 47.5. The molecule has 0 atom stereocenters. The van der Waals surface area contributed by atoms with Crippen molar-refractivity contribution in [2.75, 3.05) is 19.6 Å². The van der Waals surface area contributed by atoms with Gasteiger partial charge in [0.05, 0.1) is 58.2 Å². The van der Waals surface area contributed by atoms with Crippen LogP contribution in [0.15, 0.2) is 0 Å². The predicted octanol–water partition coefficient (Wildman–Crippen LogP) is -14.6. The van der Waals surface area contributed by atoms with E-state index in [9.17, 15) is 58.5 Å². The second-order valence-electron chi connectivity index (χ2n) is 7.81. The van der Waals surface area contributed by atoms with Crippen molar-refractivity contribution in [2.45, 2.75) is 57.8 Å². The zero-order valence-corrected chi connectivity index (χ0v) is 30.7. The number of hydrogen-bond acceptors (Lipinski definition) is 21. The van der Waals surface area contributed by atoms with Crippen LogP contribution in [0, 0.1) is 0 Å². The van der Waals surface area contributed by atoms with E-state index in [2.05, 4.69) is 29.0 Å². The van der Waals surface area contributed by atoms with Crippen LogP contribution in [-0.4, -0.2) is 89.0 Å². The van der Waals surface area contributed by atoms with E-state index in [0.717, 1.165) is 0 Å². The van der Waals surface area contributed by atoms with E-state index in [4.69, 9.17) is 0 Å². The number of carbonyl (C=O) groups is 9. The maximum absolute atomic E-state index is 10.8. The van der Waals surface area contributed by atoms with Gasteiger partial charge in [-0.05, 0) is 0 Å². The minimum Gasteiger partial charge on any atom is -0.550 e. The minimum absolute atomic E-state index is 0. The maximum atomic E-state index is 10.8. The molecular weight excluding hydrogens is 651 g/mol. The summed E-state index contributed by atoms with van der Waals surface area (Å²) in [5.74, 6) is -7.74. The van der Waals surface area contributed by atoms with Crippen LogP contribution in [0.2, 0.25) is 0 Å². The van der Waals surface area contributed by atoms with Crippen molar-refractivity contribution in [2.24, 2.45) is 0 Å². The van der Waals surface area contributed by atoms with Gasteiger partial charge in [-0.25, -0.2) is 0 Å². The summed E-state index contributed by atoms with van der Waals surface area (Å²) in [6.45, 7) is -0.709. The third-order valence-corrected chi connectivity index (χ3v) is 4.32. The molecule has 0 aliphatic carbocycles. The molecule has 0 spiro atoms. The van der Waals surface area contributed by atoms with Gasteiger partial charge in [0.15, 0.2) is 0 Å². The second kappa shape index (κ2) is 26.2. The van der Waals surface area contributed by atoms with Gasteiger partial charge >= 0.3 is 124 Å². The van der Waals surface area contributed by atoms with Gasteiger partial charge in [0.2, 0.25) is 0 Å². The van der Waals surface area contributed by atoms with E-state index >= 15 is 0 Å². The molecule has 24 heteroatoms. The van der Waals surface area contributed by atoms with Gasteiger partial charge in [-0.15, -0.1) is 0 Å². The van der Waals surface area contributed by atoms with Crippen molar-refractivity contribution in [3.05, 3.63) is 0 Å². The molecule has 3 rings (SSSR count). The van der Waals surface area contributed by atoms with E-state index in [-0.39, 0.29) is 166 Å². The molecule has 3 saturated heterocycles. The van der Waals surface area contributed by atoms with Crippen molar-refractivity contribution in [1.82, 2.24) is 15.7 Å². The van der Waals surface area contributed by atoms with Crippen LogP contribution in [0.3, 0.4) is 0 Å². The second-order valence-corrected chi connectivity index (χ2v) is 7.81. The largest absolute Gasteiger partial charge is 1.00 e. The number of aliphatic carboxylic acids is 3. The number of hydroxylamine groups is 6. The molecule has 0 amide bonds. The zero-order valence-electron chi connectivity index (χ0n) is 24.7. The summed E-state index contributed by atoms with van der Waals surface area (Å²) in [6, 6.07) is 0. The maximum Gasteiger partial charge on any atom is 1.00 e. The molecule has 0 bridgehead atoms. The molecule has 3 aliphatic rings. The van der Waals surface area contributed by atoms with Gasteiger partial charge < -0.3 is 58.7 Å². The third-order valence-electron chi connectivity index (χ3n) is 4.32. The van der Waals surface area contributed by atoms with Crippen LogP contribution in [0.1, 0.15) is 57.8 Å². The molecule has 0 radical (unpaired) electrons. The molecule has 0 aromatic heterocycles. The van der Waals surface area contributed by atoms with E-state index < -0.39 is 53.7 Å². The fourth-order valence-corrected chi connectivity index (χ4v) is 2.45. The fraction of sp³-hybridized carbons (Fsp3) is 0.571. The first-order valence-corrected chi connectivity index (χ1v) is 11.9. The number of hydrogen-bond donors (Lipinski definition) is 0. The molecule has 0 N–H and O–H groups in total. The molecule has 0 saturated carbocycles. The van der Waals surface area contributed by atoms with Crippen molar-refractivity contribution in [3.8, 4) is 0 Å². The van der Waals surface area contributed by atoms with Crippen molar-refractivity contribution in [3.63, 3.8) is 0 Å². The van der Waals surface area contributed by atoms with Crippen LogP contribution in [0.5, 0.6) is 0 Å². The molecule has 21 nitrogen and oxygen atoms in total. The quantitative estimate of drug-likeness (QED) is 0.205. The van der Waals surface area contributed by atoms with Crippen molar-refractivity contribution < 1.29 is 176 Å². The van der Waals surface area contributed by atoms with Gasteiger partial charge in [0.25, 0.3) is 0 Å². The van der Waals surface area contributed by atoms with Gasteiger partial charge in [-0.3, -0.25) is 28.8 Å². The molecular formula is C21H24N3Na3O18. The van der Waals surface area contributed by atoms with Gasteiger partial charge in [0.1, 0.15) is 0 Å². The fourth-order valence-electron chi connectivity index (χ4n) is 2.45. The Balaban J connectivity index is -0.000000569. The molecule has 3 heterocycles. The topological polar surface area (TPSA) is 288 Å². The first-order valence-electron chi connectivity index (χ1n) is 11.9. The average Bonchev–Trinajstić information content (AvgIpc) is 3.26. The van der Waals surface area contributed by atoms with Gasteiger partial charge in [-0.2, -0.15) is 0 Å². The smallest absolute Gasteiger partial charge is 0.550 e. The molecule has 0 aromatic rings. The minimum atomic E-state index is -1.32. The van der Waals surface area contributed by atoms with Gasteiger partial charge in [0, 0.05) is 52.8 Å². The van der Waals surface area contributed by atoms with Crippen LogP contribution >= 0.6 is 0 Å². The Bertz CT molecular complexity index is 879. The van der Waals surface area contributed by atoms with Crippen molar-refractivity contribution in [1.29, 1.82) is 0 Å². The van der Waals surface area contributed by atoms with E-state index in [1.165, 1.54) is 0 Å². The zero-order chi connectivity index (χ0) is 31.7. The number of carboxylic acid groups (broad SMARTS) is 3. The molecule has 0 aromatic carbocycles. The summed E-state index contributed by atoms with van der Waals surface area (Å²) in [7, 11) is 0. The number of nitrogens with zero attached hydrogens (tertiary/aromatic N) is 3. The van der Waals surface area contributed by atoms with Crippen LogP contribution < -0.4 is 104 Å². The van der Waals surface area contributed by atoms with Gasteiger partial charge in [-0.1, -0.05) is 0 Å². The Kier molecular flexibility index (Phi) is 27.7. The number of carbonyl (C=O) groups excluding carboxylic acids is 9. The standard InChI is InChI=1S/3C7H9NO6.3Na/c3*9-5(10)3-4-8-13-6(11)1-2-7(12)14-8;;;/h3*1-4H2,(H,9,10);;;/q;;;3*+1/p-3. The summed E-state index contributed by atoms with van der Waals surface area (Å²) >= 11 is 0. The normalized spacial score (nSPS) is 17.1. The van der Waals surface area contributed by atoms with E-state index in [1.54, 1.807) is 0 Å². The molecule has 0 unspecified atom stereocenters. The summed E-state index contributed by atoms with van der Waals surface area (Å²) < 4.78 is 0. The number of carboxylic acids is 3. The van der Waals surface area contributed by atoms with Crippen LogP contribution in [-0.2, 0) is 72.2 Å². The summed E-state index contributed by atoms with van der Waals surface area (Å²) in [5, 5.41) is 31.9. The molecule has 3 fully saturated rings. The molecule has 234 valence electrons. The van der Waals surface area contributed by atoms with E-state index in [1.807, 2.05) is 0 Å². The summed E-state index contributed by atoms with van der Waals surface area (Å²) in [5.41, 5.74) is 0. The predicted molar refractivity (Wildman–Crippen MR) is 113 cm³/mol. The summed E-state index contributed by atoms with van der Waals surface area (Å²) in [4.78, 5) is 122. The van der Waals surface area contributed by atoms with E-state index in [0.29, 0.717) is 15.7 Å². The molecule has 3 aliphatic heterocycles. The SMILES string of the molecule is O=C([O-])CCN1OC(=O)CCC(=O)O1.O=C([O-])CCN1OC(=O)CCC(=O)O1.O=C([O-])CCN1OC(=O)CCC(=O)O1.[Na+].[Na+].[Na+]. The Morgan fingerprint density at radius 2 is 0.578 bits per heavy atom. The Hall–Kier alpha value is -1.89. The monoisotopic (exact) mass is 675 g/mol. The van der Waals surface area contributed by atoms with Crippen molar-refractivity contribution >= 4 is 53.7 Å². The van der Waals surface area contributed by atoms with Crippen LogP contribution in [0.25, 0.3) is 0 Å². The Morgan fingerprint density at radius 1 is 0.422 bits per heavy atom. The Morgan fingerprint density at radius 3 is 0.711 bits per heavy atom. The third kappa shape index (κ3) is 24.9. The van der Waals surface area contributed by atoms with Crippen LogP contribution in [0.4, 0.5) is 0 Å². The summed E-state index contributed by atoms with van der Waals surface area (Å²) in [6.07, 6.45) is -1.58. The molecule has 45 heavy (non-hydrogen) atoms. The Labute approximate surface area is 320 Å². The first-order chi connectivity index (χ1) is 19.7.